The fourth-order valence-electron chi connectivity index (χ4n) is 1.40. The van der Waals surface area contributed by atoms with Gasteiger partial charge in [-0.25, -0.2) is 4.39 Å². The molecule has 1 aromatic rings. The maximum atomic E-state index is 13.6. The Kier molecular flexibility index (Phi) is 2.91. The summed E-state index contributed by atoms with van der Waals surface area (Å²) in [4.78, 5) is 10.9. The van der Waals surface area contributed by atoms with Gasteiger partial charge in [0.25, 0.3) is 5.24 Å². The number of nitrogens with one attached hydrogen (secondary N) is 1. The van der Waals surface area contributed by atoms with Crippen LogP contribution in [0.5, 0.6) is 0 Å². The van der Waals surface area contributed by atoms with E-state index in [0.717, 1.165) is 6.54 Å². The number of carbonyl (C=O) groups excluding carboxylic acids is 1. The van der Waals surface area contributed by atoms with Gasteiger partial charge in [-0.05, 0) is 42.5 Å². The first kappa shape index (κ1) is 10.4. The van der Waals surface area contributed by atoms with E-state index in [2.05, 4.69) is 5.32 Å². The van der Waals surface area contributed by atoms with E-state index in [1.807, 2.05) is 0 Å². The summed E-state index contributed by atoms with van der Waals surface area (Å²) in [5.41, 5.74) is 0.283. The van der Waals surface area contributed by atoms with Crippen molar-refractivity contribution >= 4 is 22.5 Å². The monoisotopic (exact) mass is 227 g/mol. The van der Waals surface area contributed by atoms with Crippen molar-refractivity contribution in [3.63, 3.8) is 0 Å². The van der Waals surface area contributed by atoms with Crippen molar-refractivity contribution in [2.45, 2.75) is 12.8 Å². The highest BCUT2D eigenvalue weighted by Gasteiger charge is 2.21. The van der Waals surface area contributed by atoms with Crippen LogP contribution < -0.4 is 5.32 Å². The number of benzene rings is 1. The lowest BCUT2D eigenvalue weighted by Crippen LogP contribution is -2.07. The topological polar surface area (TPSA) is 29.1 Å². The third-order valence-corrected chi connectivity index (χ3v) is 2.69. The first-order valence-corrected chi connectivity index (χ1v) is 5.28. The van der Waals surface area contributed by atoms with Crippen molar-refractivity contribution in [2.24, 2.45) is 5.92 Å². The third-order valence-electron chi connectivity index (χ3n) is 2.49. The van der Waals surface area contributed by atoms with Crippen molar-refractivity contribution in [3.05, 3.63) is 29.6 Å². The molecule has 2 rings (SSSR count). The van der Waals surface area contributed by atoms with Crippen molar-refractivity contribution < 1.29 is 9.18 Å². The number of halogens is 2. The second-order valence-electron chi connectivity index (χ2n) is 3.77. The minimum Gasteiger partial charge on any atom is -0.382 e. The Bertz CT molecular complexity index is 390. The van der Waals surface area contributed by atoms with Gasteiger partial charge >= 0.3 is 0 Å². The summed E-state index contributed by atoms with van der Waals surface area (Å²) in [5.74, 6) is 0.0953. The molecule has 1 fully saturated rings. The fourth-order valence-corrected chi connectivity index (χ4v) is 1.54. The summed E-state index contributed by atoms with van der Waals surface area (Å²) in [6.07, 6.45) is 2.39. The Balaban J connectivity index is 2.14. The van der Waals surface area contributed by atoms with Gasteiger partial charge in [-0.1, -0.05) is 6.07 Å². The summed E-state index contributed by atoms with van der Waals surface area (Å²) in [5, 5.41) is 2.22. The number of hydrogen-bond acceptors (Lipinski definition) is 2. The van der Waals surface area contributed by atoms with Gasteiger partial charge in [-0.3, -0.25) is 4.79 Å². The maximum absolute atomic E-state index is 13.6. The molecule has 1 aromatic carbocycles. The van der Waals surface area contributed by atoms with E-state index >= 15 is 0 Å². The molecule has 0 amide bonds. The van der Waals surface area contributed by atoms with Crippen LogP contribution in [0, 0.1) is 11.7 Å². The maximum Gasteiger partial charge on any atom is 0.255 e. The van der Waals surface area contributed by atoms with Gasteiger partial charge in [0.05, 0.1) is 11.3 Å². The first-order chi connectivity index (χ1) is 7.18. The van der Waals surface area contributed by atoms with E-state index in [4.69, 9.17) is 11.6 Å². The number of anilines is 1. The van der Waals surface area contributed by atoms with Crippen molar-refractivity contribution in [3.8, 4) is 0 Å². The molecule has 0 aromatic heterocycles. The summed E-state index contributed by atoms with van der Waals surface area (Å²) < 4.78 is 13.6. The van der Waals surface area contributed by atoms with Crippen LogP contribution in [0.1, 0.15) is 23.2 Å². The normalized spacial score (nSPS) is 15.1. The fraction of sp³-hybridized carbons (Fsp3) is 0.364. The second kappa shape index (κ2) is 4.19. The molecule has 2 nitrogen and oxygen atoms in total. The minimum absolute atomic E-state index is 0.0718. The van der Waals surface area contributed by atoms with Crippen LogP contribution >= 0.6 is 11.6 Å². The van der Waals surface area contributed by atoms with Crippen LogP contribution in [0.15, 0.2) is 18.2 Å². The van der Waals surface area contributed by atoms with Gasteiger partial charge in [0, 0.05) is 6.54 Å². The highest BCUT2D eigenvalue weighted by atomic mass is 35.5. The lowest BCUT2D eigenvalue weighted by Gasteiger charge is -2.07. The van der Waals surface area contributed by atoms with E-state index in [1.165, 1.54) is 18.9 Å². The smallest absolute Gasteiger partial charge is 0.255 e. The van der Waals surface area contributed by atoms with Crippen molar-refractivity contribution in [2.75, 3.05) is 11.9 Å². The number of carbonyl (C=O) groups is 1. The summed E-state index contributed by atoms with van der Waals surface area (Å²) in [6, 6.07) is 4.61. The average Bonchev–Trinajstić information content (AvgIpc) is 2.99. The lowest BCUT2D eigenvalue weighted by molar-refractivity contribution is 0.107. The molecular formula is C11H11ClFNO. The largest absolute Gasteiger partial charge is 0.382 e. The molecular weight excluding hydrogens is 217 g/mol. The van der Waals surface area contributed by atoms with Crippen LogP contribution in [0.3, 0.4) is 0 Å². The molecule has 4 heteroatoms. The van der Waals surface area contributed by atoms with E-state index < -0.39 is 11.1 Å². The number of hydrogen-bond donors (Lipinski definition) is 1. The van der Waals surface area contributed by atoms with Gasteiger partial charge in [0.1, 0.15) is 0 Å². The molecule has 0 bridgehead atoms. The molecule has 0 saturated heterocycles. The quantitative estimate of drug-likeness (QED) is 0.802. The van der Waals surface area contributed by atoms with Crippen LogP contribution in [0.25, 0.3) is 0 Å². The third kappa shape index (κ3) is 2.48. The van der Waals surface area contributed by atoms with Crippen LogP contribution in [0.2, 0.25) is 0 Å². The average molecular weight is 228 g/mol. The number of rotatable bonds is 4. The van der Waals surface area contributed by atoms with E-state index in [0.29, 0.717) is 11.6 Å². The molecule has 1 aliphatic carbocycles. The summed E-state index contributed by atoms with van der Waals surface area (Å²) in [6.45, 7) is 0.761. The van der Waals surface area contributed by atoms with E-state index in [9.17, 15) is 9.18 Å². The standard InChI is InChI=1S/C11H11ClFNO/c12-11(15)8-2-1-3-9(10(8)13)14-6-7-4-5-7/h1-3,7,14H,4-6H2. The Morgan fingerprint density at radius 2 is 2.27 bits per heavy atom. The molecule has 15 heavy (non-hydrogen) atoms. The van der Waals surface area contributed by atoms with Crippen molar-refractivity contribution in [1.29, 1.82) is 0 Å². The Morgan fingerprint density at radius 1 is 1.53 bits per heavy atom. The molecule has 0 aliphatic heterocycles. The van der Waals surface area contributed by atoms with Gasteiger partial charge in [-0.15, -0.1) is 0 Å². The van der Waals surface area contributed by atoms with E-state index in [-0.39, 0.29) is 5.56 Å². The Hall–Kier alpha value is -1.09. The zero-order chi connectivity index (χ0) is 10.8. The van der Waals surface area contributed by atoms with Crippen molar-refractivity contribution in [1.82, 2.24) is 0 Å². The second-order valence-corrected chi connectivity index (χ2v) is 4.11. The van der Waals surface area contributed by atoms with Crippen LogP contribution in [0.4, 0.5) is 10.1 Å². The zero-order valence-electron chi connectivity index (χ0n) is 8.09. The first-order valence-electron chi connectivity index (χ1n) is 4.90. The Labute approximate surface area is 92.4 Å². The molecule has 0 spiro atoms. The SMILES string of the molecule is O=C(Cl)c1cccc(NCC2CC2)c1F. The Morgan fingerprint density at radius 3 is 2.87 bits per heavy atom. The minimum atomic E-state index is -0.762. The van der Waals surface area contributed by atoms with Gasteiger partial charge in [0.2, 0.25) is 0 Å². The predicted octanol–water partition coefficient (Wildman–Crippen LogP) is 3.03. The zero-order valence-corrected chi connectivity index (χ0v) is 8.85. The molecule has 0 radical (unpaired) electrons. The summed E-state index contributed by atoms with van der Waals surface area (Å²) >= 11 is 5.25. The highest BCUT2D eigenvalue weighted by molar-refractivity contribution is 6.67. The van der Waals surface area contributed by atoms with Crippen LogP contribution in [-0.4, -0.2) is 11.8 Å². The molecule has 0 unspecified atom stereocenters. The lowest BCUT2D eigenvalue weighted by atomic mass is 10.2. The van der Waals surface area contributed by atoms with Gasteiger partial charge in [-0.2, -0.15) is 0 Å². The van der Waals surface area contributed by atoms with Gasteiger partial charge < -0.3 is 5.32 Å². The van der Waals surface area contributed by atoms with Gasteiger partial charge in [0.15, 0.2) is 5.82 Å². The molecule has 1 saturated carbocycles. The predicted molar refractivity (Wildman–Crippen MR) is 57.8 cm³/mol. The van der Waals surface area contributed by atoms with Crippen LogP contribution in [-0.2, 0) is 0 Å². The molecule has 80 valence electrons. The molecule has 1 N–H and O–H groups in total. The molecule has 1 aliphatic rings. The van der Waals surface area contributed by atoms with E-state index in [1.54, 1.807) is 12.1 Å². The molecule has 0 heterocycles. The molecule has 0 atom stereocenters. The highest BCUT2D eigenvalue weighted by Crippen LogP contribution is 2.29. The summed E-state index contributed by atoms with van der Waals surface area (Å²) in [7, 11) is 0.